The number of hydrogen-bond acceptors (Lipinski definition) is 4. The minimum absolute atomic E-state index is 0.125. The number of nitrogens with zero attached hydrogens (tertiary/aromatic N) is 1. The lowest BCUT2D eigenvalue weighted by Crippen LogP contribution is -1.86. The first-order valence-electron chi connectivity index (χ1n) is 5.31. The van der Waals surface area contributed by atoms with E-state index in [-0.39, 0.29) is 10.6 Å². The summed E-state index contributed by atoms with van der Waals surface area (Å²) in [4.78, 5) is 12.4. The summed E-state index contributed by atoms with van der Waals surface area (Å²) in [7, 11) is 3.26. The van der Waals surface area contributed by atoms with Crippen molar-refractivity contribution < 1.29 is 4.92 Å². The van der Waals surface area contributed by atoms with Gasteiger partial charge in [-0.15, -0.1) is 0 Å². The number of aryl methyl sites for hydroxylation is 1. The molecule has 0 aliphatic heterocycles. The van der Waals surface area contributed by atoms with Gasteiger partial charge < -0.3 is 0 Å². The van der Waals surface area contributed by atoms with E-state index in [0.717, 1.165) is 4.90 Å². The van der Waals surface area contributed by atoms with Gasteiger partial charge in [0.15, 0.2) is 0 Å². The molecule has 5 heteroatoms. The van der Waals surface area contributed by atoms with Gasteiger partial charge in [-0.05, 0) is 30.7 Å². The number of nitro groups is 1. The number of nitro benzene ring substituents is 1. The van der Waals surface area contributed by atoms with Gasteiger partial charge in [-0.1, -0.05) is 39.8 Å². The van der Waals surface area contributed by atoms with E-state index in [0.29, 0.717) is 0 Å². The summed E-state index contributed by atoms with van der Waals surface area (Å²) in [6.45, 7) is 2.07. The molecule has 0 amide bonds. The lowest BCUT2D eigenvalue weighted by atomic mass is 10.2. The van der Waals surface area contributed by atoms with Crippen molar-refractivity contribution in [1.29, 1.82) is 0 Å². The molecule has 0 aliphatic carbocycles. The largest absolute Gasteiger partial charge is 0.269 e. The highest BCUT2D eigenvalue weighted by molar-refractivity contribution is 8.76. The maximum Gasteiger partial charge on any atom is 0.269 e. The van der Waals surface area contributed by atoms with Gasteiger partial charge in [0.1, 0.15) is 0 Å². The highest BCUT2D eigenvalue weighted by atomic mass is 33.1. The molecule has 2 aromatic rings. The Morgan fingerprint density at radius 3 is 2.28 bits per heavy atom. The number of benzene rings is 2. The summed E-state index contributed by atoms with van der Waals surface area (Å²) in [5.74, 6) is 0. The fourth-order valence-electron chi connectivity index (χ4n) is 1.37. The lowest BCUT2D eigenvalue weighted by Gasteiger charge is -2.04. The predicted octanol–water partition coefficient (Wildman–Crippen LogP) is 4.70. The predicted molar refractivity (Wildman–Crippen MR) is 76.0 cm³/mol. The van der Waals surface area contributed by atoms with Crippen LogP contribution >= 0.6 is 21.6 Å². The van der Waals surface area contributed by atoms with Crippen LogP contribution in [0.15, 0.2) is 58.3 Å². The van der Waals surface area contributed by atoms with Crippen LogP contribution in [0.1, 0.15) is 5.56 Å². The zero-order valence-corrected chi connectivity index (χ0v) is 11.3. The molecule has 0 heterocycles. The molecular weight excluding hydrogens is 266 g/mol. The fraction of sp³-hybridized carbons (Fsp3) is 0.0769. The second kappa shape index (κ2) is 5.93. The SMILES string of the molecule is Cc1ccccc1SSc1ccc([N+](=O)[O-])cc1. The Morgan fingerprint density at radius 1 is 1.00 bits per heavy atom. The Kier molecular flexibility index (Phi) is 4.28. The van der Waals surface area contributed by atoms with Crippen LogP contribution in [0, 0.1) is 17.0 Å². The molecule has 3 nitrogen and oxygen atoms in total. The Bertz CT molecular complexity index is 555. The van der Waals surface area contributed by atoms with Crippen molar-refractivity contribution >= 4 is 27.3 Å². The van der Waals surface area contributed by atoms with E-state index in [2.05, 4.69) is 19.1 Å². The highest BCUT2D eigenvalue weighted by Gasteiger charge is 2.05. The van der Waals surface area contributed by atoms with Crippen molar-refractivity contribution in [2.24, 2.45) is 0 Å². The van der Waals surface area contributed by atoms with Crippen molar-refractivity contribution in [2.45, 2.75) is 16.7 Å². The molecule has 0 radical (unpaired) electrons. The maximum atomic E-state index is 10.5. The molecule has 2 rings (SSSR count). The third kappa shape index (κ3) is 3.27. The van der Waals surface area contributed by atoms with E-state index in [1.54, 1.807) is 33.7 Å². The van der Waals surface area contributed by atoms with Crippen LogP contribution in [0.5, 0.6) is 0 Å². The summed E-state index contributed by atoms with van der Waals surface area (Å²) in [5.41, 5.74) is 1.36. The van der Waals surface area contributed by atoms with Gasteiger partial charge >= 0.3 is 0 Å². The summed E-state index contributed by atoms with van der Waals surface area (Å²) in [5, 5.41) is 10.5. The standard InChI is InChI=1S/C13H11NO2S2/c1-10-4-2-3-5-13(10)18-17-12-8-6-11(7-9-12)14(15)16/h2-9H,1H3. The molecule has 0 saturated heterocycles. The first-order valence-corrected chi connectivity index (χ1v) is 7.46. The van der Waals surface area contributed by atoms with Gasteiger partial charge in [-0.25, -0.2) is 0 Å². The molecule has 0 fully saturated rings. The molecule has 0 bridgehead atoms. The quantitative estimate of drug-likeness (QED) is 0.461. The first-order chi connectivity index (χ1) is 8.66. The van der Waals surface area contributed by atoms with E-state index >= 15 is 0 Å². The van der Waals surface area contributed by atoms with Crippen LogP contribution in [-0.4, -0.2) is 4.92 Å². The van der Waals surface area contributed by atoms with Gasteiger partial charge in [0.05, 0.1) is 4.92 Å². The van der Waals surface area contributed by atoms with Crippen molar-refractivity contribution in [2.75, 3.05) is 0 Å². The van der Waals surface area contributed by atoms with Gasteiger partial charge in [-0.3, -0.25) is 10.1 Å². The molecule has 0 saturated carbocycles. The van der Waals surface area contributed by atoms with Crippen LogP contribution in [0.3, 0.4) is 0 Å². The first kappa shape index (κ1) is 13.0. The van der Waals surface area contributed by atoms with Gasteiger partial charge in [-0.2, -0.15) is 0 Å². The molecule has 92 valence electrons. The highest BCUT2D eigenvalue weighted by Crippen LogP contribution is 2.39. The minimum atomic E-state index is -0.386. The summed E-state index contributed by atoms with van der Waals surface area (Å²) in [6, 6.07) is 14.8. The molecule has 18 heavy (non-hydrogen) atoms. The van der Waals surface area contributed by atoms with Crippen molar-refractivity contribution in [3.63, 3.8) is 0 Å². The van der Waals surface area contributed by atoms with Gasteiger partial charge in [0, 0.05) is 21.9 Å². The van der Waals surface area contributed by atoms with Crippen molar-refractivity contribution in [1.82, 2.24) is 0 Å². The summed E-state index contributed by atoms with van der Waals surface area (Å²) < 4.78 is 0. The zero-order chi connectivity index (χ0) is 13.0. The molecule has 0 N–H and O–H groups in total. The van der Waals surface area contributed by atoms with Crippen LogP contribution in [0.25, 0.3) is 0 Å². The smallest absolute Gasteiger partial charge is 0.258 e. The van der Waals surface area contributed by atoms with E-state index in [1.165, 1.54) is 22.6 Å². The Morgan fingerprint density at radius 2 is 1.67 bits per heavy atom. The van der Waals surface area contributed by atoms with Crippen LogP contribution in [-0.2, 0) is 0 Å². The summed E-state index contributed by atoms with van der Waals surface area (Å²) >= 11 is 0. The number of non-ortho nitro benzene ring substituents is 1. The van der Waals surface area contributed by atoms with Crippen LogP contribution in [0.2, 0.25) is 0 Å². The molecule has 2 aromatic carbocycles. The van der Waals surface area contributed by atoms with Crippen LogP contribution < -0.4 is 0 Å². The monoisotopic (exact) mass is 277 g/mol. The second-order valence-electron chi connectivity index (χ2n) is 3.68. The Balaban J connectivity index is 2.02. The number of rotatable bonds is 4. The van der Waals surface area contributed by atoms with Crippen LogP contribution in [0.4, 0.5) is 5.69 Å². The number of hydrogen-bond donors (Lipinski definition) is 0. The Labute approximate surface area is 113 Å². The van der Waals surface area contributed by atoms with E-state index in [9.17, 15) is 10.1 Å². The lowest BCUT2D eigenvalue weighted by molar-refractivity contribution is -0.384. The summed E-state index contributed by atoms with van der Waals surface area (Å²) in [6.07, 6.45) is 0. The molecular formula is C13H11NO2S2. The molecule has 0 unspecified atom stereocenters. The van der Waals surface area contributed by atoms with Crippen molar-refractivity contribution in [3.05, 3.63) is 64.2 Å². The second-order valence-corrected chi connectivity index (χ2v) is 5.93. The van der Waals surface area contributed by atoms with E-state index in [1.807, 2.05) is 12.1 Å². The third-order valence-electron chi connectivity index (χ3n) is 2.37. The average molecular weight is 277 g/mol. The normalized spacial score (nSPS) is 10.3. The van der Waals surface area contributed by atoms with Gasteiger partial charge in [0.2, 0.25) is 0 Å². The fourth-order valence-corrected chi connectivity index (χ4v) is 3.59. The molecule has 0 aliphatic rings. The molecule has 0 aromatic heterocycles. The topological polar surface area (TPSA) is 43.1 Å². The third-order valence-corrected chi connectivity index (χ3v) is 4.92. The average Bonchev–Trinajstić information content (AvgIpc) is 2.38. The molecule has 0 spiro atoms. The van der Waals surface area contributed by atoms with E-state index in [4.69, 9.17) is 0 Å². The zero-order valence-electron chi connectivity index (χ0n) is 9.70. The van der Waals surface area contributed by atoms with Gasteiger partial charge in [0.25, 0.3) is 5.69 Å². The van der Waals surface area contributed by atoms with E-state index < -0.39 is 0 Å². The maximum absolute atomic E-state index is 10.5. The van der Waals surface area contributed by atoms with Crippen molar-refractivity contribution in [3.8, 4) is 0 Å². The Hall–Kier alpha value is -1.46. The molecule has 0 atom stereocenters. The minimum Gasteiger partial charge on any atom is -0.258 e.